The molecule has 8 heteroatoms. The second-order valence-corrected chi connectivity index (χ2v) is 6.26. The summed E-state index contributed by atoms with van der Waals surface area (Å²) in [6.45, 7) is 4.65. The Bertz CT molecular complexity index is 725. The van der Waals surface area contributed by atoms with E-state index in [9.17, 15) is 4.79 Å². The Kier molecular flexibility index (Phi) is 4.41. The molecule has 2 aliphatic rings. The molecule has 8 nitrogen and oxygen atoms in total. The standard InChI is InChI=1S/C17H21N7O/c25-15(14-4-7-20-17(21-14)23-8-1-2-9-23)22-10-12-24(13-11-22)16-18-5-3-6-19-16/h3-7H,1-2,8-13H2. The minimum Gasteiger partial charge on any atom is -0.341 e. The lowest BCUT2D eigenvalue weighted by Gasteiger charge is -2.34. The molecule has 1 amide bonds. The third kappa shape index (κ3) is 3.38. The summed E-state index contributed by atoms with van der Waals surface area (Å²) >= 11 is 0. The van der Waals surface area contributed by atoms with Crippen LogP contribution in [0.4, 0.5) is 11.9 Å². The molecule has 0 radical (unpaired) electrons. The van der Waals surface area contributed by atoms with Gasteiger partial charge >= 0.3 is 0 Å². The fourth-order valence-corrected chi connectivity index (χ4v) is 3.26. The third-order valence-electron chi connectivity index (χ3n) is 4.65. The van der Waals surface area contributed by atoms with Crippen molar-refractivity contribution in [3.63, 3.8) is 0 Å². The first-order valence-corrected chi connectivity index (χ1v) is 8.70. The van der Waals surface area contributed by atoms with Crippen molar-refractivity contribution in [2.45, 2.75) is 12.8 Å². The van der Waals surface area contributed by atoms with Crippen molar-refractivity contribution < 1.29 is 4.79 Å². The van der Waals surface area contributed by atoms with Gasteiger partial charge in [0.15, 0.2) is 0 Å². The first-order valence-electron chi connectivity index (χ1n) is 8.70. The first kappa shape index (κ1) is 15.7. The van der Waals surface area contributed by atoms with E-state index in [0.29, 0.717) is 30.7 Å². The van der Waals surface area contributed by atoms with E-state index in [0.717, 1.165) is 39.0 Å². The second-order valence-electron chi connectivity index (χ2n) is 6.26. The number of hydrogen-bond donors (Lipinski definition) is 0. The van der Waals surface area contributed by atoms with Gasteiger partial charge in [0.25, 0.3) is 5.91 Å². The maximum atomic E-state index is 12.8. The molecule has 0 bridgehead atoms. The molecule has 2 aliphatic heterocycles. The fraction of sp³-hybridized carbons (Fsp3) is 0.471. The molecule has 130 valence electrons. The summed E-state index contributed by atoms with van der Waals surface area (Å²) in [4.78, 5) is 36.2. The van der Waals surface area contributed by atoms with Crippen molar-refractivity contribution in [2.75, 3.05) is 49.1 Å². The van der Waals surface area contributed by atoms with E-state index in [2.05, 4.69) is 29.7 Å². The van der Waals surface area contributed by atoms with Crippen molar-refractivity contribution in [2.24, 2.45) is 0 Å². The van der Waals surface area contributed by atoms with Crippen LogP contribution in [0.3, 0.4) is 0 Å². The molecule has 4 rings (SSSR count). The highest BCUT2D eigenvalue weighted by molar-refractivity contribution is 5.92. The number of aromatic nitrogens is 4. The Hall–Kier alpha value is -2.77. The molecular formula is C17H21N7O. The molecular weight excluding hydrogens is 318 g/mol. The van der Waals surface area contributed by atoms with Crippen LogP contribution in [0, 0.1) is 0 Å². The minimum atomic E-state index is -0.0310. The number of anilines is 2. The molecule has 2 aromatic heterocycles. The van der Waals surface area contributed by atoms with Gasteiger partial charge in [-0.25, -0.2) is 19.9 Å². The highest BCUT2D eigenvalue weighted by Crippen LogP contribution is 2.17. The van der Waals surface area contributed by atoms with Gasteiger partial charge in [-0.1, -0.05) is 0 Å². The Morgan fingerprint density at radius 2 is 1.44 bits per heavy atom. The van der Waals surface area contributed by atoms with E-state index in [1.54, 1.807) is 30.7 Å². The van der Waals surface area contributed by atoms with Gasteiger partial charge in [0, 0.05) is 57.9 Å². The lowest BCUT2D eigenvalue weighted by atomic mass is 10.2. The number of rotatable bonds is 3. The normalized spacial score (nSPS) is 17.8. The lowest BCUT2D eigenvalue weighted by molar-refractivity contribution is 0.0740. The van der Waals surface area contributed by atoms with Gasteiger partial charge in [-0.3, -0.25) is 4.79 Å². The fourth-order valence-electron chi connectivity index (χ4n) is 3.26. The van der Waals surface area contributed by atoms with Gasteiger partial charge in [0.1, 0.15) is 5.69 Å². The Morgan fingerprint density at radius 1 is 0.800 bits per heavy atom. The maximum Gasteiger partial charge on any atom is 0.272 e. The van der Waals surface area contributed by atoms with Crippen LogP contribution in [0.2, 0.25) is 0 Å². The molecule has 0 N–H and O–H groups in total. The number of piperazine rings is 1. The number of hydrogen-bond acceptors (Lipinski definition) is 7. The maximum absolute atomic E-state index is 12.8. The van der Waals surface area contributed by atoms with Crippen LogP contribution < -0.4 is 9.80 Å². The van der Waals surface area contributed by atoms with Gasteiger partial charge in [0.05, 0.1) is 0 Å². The summed E-state index contributed by atoms with van der Waals surface area (Å²) in [7, 11) is 0. The first-order chi connectivity index (χ1) is 12.3. The highest BCUT2D eigenvalue weighted by atomic mass is 16.2. The largest absolute Gasteiger partial charge is 0.341 e. The Morgan fingerprint density at radius 3 is 2.16 bits per heavy atom. The summed E-state index contributed by atoms with van der Waals surface area (Å²) in [6.07, 6.45) is 7.47. The van der Waals surface area contributed by atoms with Crippen LogP contribution in [-0.2, 0) is 0 Å². The Labute approximate surface area is 146 Å². The number of carbonyl (C=O) groups excluding carboxylic acids is 1. The summed E-state index contributed by atoms with van der Waals surface area (Å²) in [5.74, 6) is 1.35. The van der Waals surface area contributed by atoms with Crippen molar-refractivity contribution in [3.8, 4) is 0 Å². The van der Waals surface area contributed by atoms with Crippen LogP contribution in [0.1, 0.15) is 23.3 Å². The van der Waals surface area contributed by atoms with Crippen LogP contribution >= 0.6 is 0 Å². The van der Waals surface area contributed by atoms with E-state index >= 15 is 0 Å². The Balaban J connectivity index is 1.41. The van der Waals surface area contributed by atoms with Crippen LogP contribution in [0.15, 0.2) is 30.7 Å². The van der Waals surface area contributed by atoms with Crippen LogP contribution in [0.25, 0.3) is 0 Å². The van der Waals surface area contributed by atoms with E-state index in [4.69, 9.17) is 0 Å². The number of nitrogens with zero attached hydrogens (tertiary/aromatic N) is 7. The van der Waals surface area contributed by atoms with Crippen molar-refractivity contribution >= 4 is 17.8 Å². The van der Waals surface area contributed by atoms with E-state index in [1.165, 1.54) is 0 Å². The van der Waals surface area contributed by atoms with Gasteiger partial charge in [-0.2, -0.15) is 0 Å². The quantitative estimate of drug-likeness (QED) is 0.819. The van der Waals surface area contributed by atoms with Gasteiger partial charge in [-0.05, 0) is 25.0 Å². The third-order valence-corrected chi connectivity index (χ3v) is 4.65. The van der Waals surface area contributed by atoms with Crippen molar-refractivity contribution in [1.29, 1.82) is 0 Å². The molecule has 0 aliphatic carbocycles. The summed E-state index contributed by atoms with van der Waals surface area (Å²) in [5.41, 5.74) is 0.473. The zero-order chi connectivity index (χ0) is 17.1. The van der Waals surface area contributed by atoms with E-state index < -0.39 is 0 Å². The van der Waals surface area contributed by atoms with Crippen LogP contribution in [-0.4, -0.2) is 70.0 Å². The average Bonchev–Trinajstić information content (AvgIpc) is 3.23. The molecule has 4 heterocycles. The number of carbonyl (C=O) groups is 1. The van der Waals surface area contributed by atoms with Crippen molar-refractivity contribution in [3.05, 3.63) is 36.4 Å². The molecule has 2 aromatic rings. The van der Waals surface area contributed by atoms with Gasteiger partial charge in [0.2, 0.25) is 11.9 Å². The molecule has 2 saturated heterocycles. The molecule has 0 unspecified atom stereocenters. The monoisotopic (exact) mass is 339 g/mol. The highest BCUT2D eigenvalue weighted by Gasteiger charge is 2.25. The molecule has 0 atom stereocenters. The molecule has 0 spiro atoms. The molecule has 0 aromatic carbocycles. The smallest absolute Gasteiger partial charge is 0.272 e. The second kappa shape index (κ2) is 7.00. The predicted octanol–water partition coefficient (Wildman–Crippen LogP) is 0.829. The summed E-state index contributed by atoms with van der Waals surface area (Å²) < 4.78 is 0. The SMILES string of the molecule is O=C(c1ccnc(N2CCCC2)n1)N1CCN(c2ncccn2)CC1. The van der Waals surface area contributed by atoms with Gasteiger partial charge < -0.3 is 14.7 Å². The summed E-state index contributed by atoms with van der Waals surface area (Å²) in [5, 5.41) is 0. The number of amides is 1. The average molecular weight is 339 g/mol. The van der Waals surface area contributed by atoms with Crippen molar-refractivity contribution in [1.82, 2.24) is 24.8 Å². The molecule has 0 saturated carbocycles. The lowest BCUT2D eigenvalue weighted by Crippen LogP contribution is -2.49. The van der Waals surface area contributed by atoms with E-state index in [-0.39, 0.29) is 5.91 Å². The predicted molar refractivity (Wildman–Crippen MR) is 93.6 cm³/mol. The summed E-state index contributed by atoms with van der Waals surface area (Å²) in [6, 6.07) is 3.50. The van der Waals surface area contributed by atoms with Crippen LogP contribution in [0.5, 0.6) is 0 Å². The zero-order valence-corrected chi connectivity index (χ0v) is 14.1. The zero-order valence-electron chi connectivity index (χ0n) is 14.1. The molecule has 25 heavy (non-hydrogen) atoms. The minimum absolute atomic E-state index is 0.0310. The topological polar surface area (TPSA) is 78.4 Å². The van der Waals surface area contributed by atoms with E-state index in [1.807, 2.05) is 4.90 Å². The van der Waals surface area contributed by atoms with Gasteiger partial charge in [-0.15, -0.1) is 0 Å². The molecule has 2 fully saturated rings.